The summed E-state index contributed by atoms with van der Waals surface area (Å²) in [5, 5.41) is 0. The van der Waals surface area contributed by atoms with Crippen molar-refractivity contribution in [3.8, 4) is 0 Å². The van der Waals surface area contributed by atoms with E-state index >= 15 is 0 Å². The molecule has 0 bridgehead atoms. The summed E-state index contributed by atoms with van der Waals surface area (Å²) in [6.07, 6.45) is 1.61. The van der Waals surface area contributed by atoms with Gasteiger partial charge in [-0.1, -0.05) is 12.1 Å². The van der Waals surface area contributed by atoms with Gasteiger partial charge in [0.15, 0.2) is 0 Å². The molecule has 0 atom stereocenters. The summed E-state index contributed by atoms with van der Waals surface area (Å²) in [4.78, 5) is 18.7. The smallest absolute Gasteiger partial charge is 0.270 e. The van der Waals surface area contributed by atoms with Crippen molar-refractivity contribution < 1.29 is 4.79 Å². The number of rotatable bonds is 4. The van der Waals surface area contributed by atoms with Crippen molar-refractivity contribution in [2.75, 3.05) is 23.9 Å². The summed E-state index contributed by atoms with van der Waals surface area (Å²) in [6, 6.07) is 15.2. The maximum atomic E-state index is 12.3. The van der Waals surface area contributed by atoms with Gasteiger partial charge in [-0.15, -0.1) is 0 Å². The molecule has 3 rings (SSSR count). The van der Waals surface area contributed by atoms with Gasteiger partial charge < -0.3 is 4.90 Å². The summed E-state index contributed by atoms with van der Waals surface area (Å²) in [7, 11) is 2.02. The molecule has 22 heavy (non-hydrogen) atoms. The lowest BCUT2D eigenvalue weighted by Crippen LogP contribution is -2.22. The molecule has 0 radical (unpaired) electrons. The Bertz CT molecular complexity index is 792. The summed E-state index contributed by atoms with van der Waals surface area (Å²) >= 11 is 0. The molecule has 0 unspecified atom stereocenters. The van der Waals surface area contributed by atoms with Crippen LogP contribution in [0.4, 0.5) is 5.69 Å². The predicted octanol–water partition coefficient (Wildman–Crippen LogP) is 2.88. The van der Waals surface area contributed by atoms with E-state index in [0.717, 1.165) is 23.3 Å². The van der Waals surface area contributed by atoms with E-state index in [4.69, 9.17) is 0 Å². The topological polar surface area (TPSA) is 50.2 Å². The fourth-order valence-electron chi connectivity index (χ4n) is 2.27. The molecule has 0 spiro atoms. The van der Waals surface area contributed by atoms with Gasteiger partial charge in [-0.3, -0.25) is 10.2 Å². The highest BCUT2D eigenvalue weighted by molar-refractivity contribution is 6.01. The average Bonchev–Trinajstić information content (AvgIpc) is 2.97. The van der Waals surface area contributed by atoms with E-state index < -0.39 is 0 Å². The van der Waals surface area contributed by atoms with Crippen LogP contribution < -0.4 is 10.3 Å². The largest absolute Gasteiger partial charge is 0.375 e. The van der Waals surface area contributed by atoms with Gasteiger partial charge in [0, 0.05) is 24.8 Å². The fourth-order valence-corrected chi connectivity index (χ4v) is 2.27. The number of benzene rings is 2. The third kappa shape index (κ3) is 2.65. The van der Waals surface area contributed by atoms with Crippen LogP contribution in [0, 0.1) is 0 Å². The number of anilines is 1. The van der Waals surface area contributed by atoms with Crippen LogP contribution in [0.5, 0.6) is 0 Å². The van der Waals surface area contributed by atoms with Crippen LogP contribution in [-0.2, 0) is 0 Å². The molecule has 0 saturated heterocycles. The second kappa shape index (κ2) is 5.89. The molecule has 112 valence electrons. The third-order valence-corrected chi connectivity index (χ3v) is 3.72. The minimum absolute atomic E-state index is 0.158. The van der Waals surface area contributed by atoms with Crippen molar-refractivity contribution >= 4 is 22.6 Å². The second-order valence-corrected chi connectivity index (χ2v) is 5.11. The van der Waals surface area contributed by atoms with Gasteiger partial charge in [0.2, 0.25) is 0 Å². The number of hydrogen-bond donors (Lipinski definition) is 1. The zero-order chi connectivity index (χ0) is 15.5. The van der Waals surface area contributed by atoms with Crippen molar-refractivity contribution in [3.63, 3.8) is 0 Å². The van der Waals surface area contributed by atoms with Crippen LogP contribution in [0.15, 0.2) is 54.9 Å². The maximum absolute atomic E-state index is 12.3. The van der Waals surface area contributed by atoms with E-state index in [9.17, 15) is 4.79 Å². The molecule has 1 heterocycles. The first kappa shape index (κ1) is 14.1. The number of carbonyl (C=O) groups is 1. The number of amides is 1. The average molecular weight is 294 g/mol. The molecule has 0 aliphatic rings. The van der Waals surface area contributed by atoms with Gasteiger partial charge in [-0.2, -0.15) is 0 Å². The first-order chi connectivity index (χ1) is 10.7. The van der Waals surface area contributed by atoms with Gasteiger partial charge in [-0.05, 0) is 43.3 Å². The van der Waals surface area contributed by atoms with E-state index in [-0.39, 0.29) is 5.91 Å². The van der Waals surface area contributed by atoms with Crippen LogP contribution >= 0.6 is 0 Å². The lowest BCUT2D eigenvalue weighted by atomic mass is 10.2. The Hall–Kier alpha value is -2.82. The Balaban J connectivity index is 1.79. The highest BCUT2D eigenvalue weighted by atomic mass is 16.2. The van der Waals surface area contributed by atoms with Gasteiger partial charge in [0.25, 0.3) is 5.91 Å². The normalized spacial score (nSPS) is 10.6. The maximum Gasteiger partial charge on any atom is 0.270 e. The van der Waals surface area contributed by atoms with Crippen LogP contribution in [0.3, 0.4) is 0 Å². The lowest BCUT2D eigenvalue weighted by molar-refractivity contribution is 0.101. The molecule has 5 heteroatoms. The van der Waals surface area contributed by atoms with Crippen LogP contribution in [0.2, 0.25) is 0 Å². The number of nitrogens with one attached hydrogen (secondary N) is 1. The summed E-state index contributed by atoms with van der Waals surface area (Å²) < 4.78 is 1.64. The second-order valence-electron chi connectivity index (χ2n) is 5.11. The van der Waals surface area contributed by atoms with Crippen molar-refractivity contribution in [3.05, 3.63) is 60.4 Å². The Morgan fingerprint density at radius 3 is 2.64 bits per heavy atom. The van der Waals surface area contributed by atoms with Crippen molar-refractivity contribution in [1.82, 2.24) is 9.66 Å². The summed E-state index contributed by atoms with van der Waals surface area (Å²) in [5.41, 5.74) is 6.28. The van der Waals surface area contributed by atoms with Crippen molar-refractivity contribution in [2.24, 2.45) is 0 Å². The standard InChI is InChI=1S/C17H18N4O/c1-3-20(2)14-10-8-13(9-11-14)17(22)19-21-12-18-15-6-4-5-7-16(15)21/h4-12H,3H2,1-2H3,(H,19,22). The molecule has 1 amide bonds. The Morgan fingerprint density at radius 1 is 1.18 bits per heavy atom. The van der Waals surface area contributed by atoms with Crippen LogP contribution in [-0.4, -0.2) is 29.2 Å². The molecule has 5 nitrogen and oxygen atoms in total. The van der Waals surface area contributed by atoms with E-state index in [2.05, 4.69) is 22.2 Å². The monoisotopic (exact) mass is 294 g/mol. The summed E-state index contributed by atoms with van der Waals surface area (Å²) in [6.45, 7) is 3.01. The molecule has 0 saturated carbocycles. The zero-order valence-electron chi connectivity index (χ0n) is 12.7. The first-order valence-corrected chi connectivity index (χ1v) is 7.23. The number of aromatic nitrogens is 2. The van der Waals surface area contributed by atoms with Gasteiger partial charge >= 0.3 is 0 Å². The Morgan fingerprint density at radius 2 is 1.91 bits per heavy atom. The van der Waals surface area contributed by atoms with E-state index in [1.54, 1.807) is 11.0 Å². The minimum Gasteiger partial charge on any atom is -0.375 e. The van der Waals surface area contributed by atoms with Gasteiger partial charge in [0.1, 0.15) is 6.33 Å². The van der Waals surface area contributed by atoms with E-state index in [0.29, 0.717) is 5.56 Å². The molecule has 2 aromatic carbocycles. The zero-order valence-corrected chi connectivity index (χ0v) is 12.7. The lowest BCUT2D eigenvalue weighted by Gasteiger charge is -2.16. The van der Waals surface area contributed by atoms with E-state index in [1.165, 1.54) is 0 Å². The molecular weight excluding hydrogens is 276 g/mol. The van der Waals surface area contributed by atoms with Gasteiger partial charge in [-0.25, -0.2) is 9.66 Å². The number of hydrogen-bond acceptors (Lipinski definition) is 3. The molecule has 1 aromatic heterocycles. The van der Waals surface area contributed by atoms with Crippen LogP contribution in [0.25, 0.3) is 11.0 Å². The fraction of sp³-hybridized carbons (Fsp3) is 0.176. The van der Waals surface area contributed by atoms with Crippen molar-refractivity contribution in [1.29, 1.82) is 0 Å². The first-order valence-electron chi connectivity index (χ1n) is 7.23. The number of carbonyl (C=O) groups excluding carboxylic acids is 1. The Kier molecular flexibility index (Phi) is 3.78. The number of fused-ring (bicyclic) bond motifs is 1. The highest BCUT2D eigenvalue weighted by Crippen LogP contribution is 2.14. The highest BCUT2D eigenvalue weighted by Gasteiger charge is 2.09. The minimum atomic E-state index is -0.158. The Labute approximate surface area is 129 Å². The number of imidazole rings is 1. The van der Waals surface area contributed by atoms with E-state index in [1.807, 2.05) is 55.6 Å². The van der Waals surface area contributed by atoms with Crippen molar-refractivity contribution in [2.45, 2.75) is 6.92 Å². The SMILES string of the molecule is CCN(C)c1ccc(C(=O)Nn2cnc3ccccc32)cc1. The summed E-state index contributed by atoms with van der Waals surface area (Å²) in [5.74, 6) is -0.158. The molecule has 0 fully saturated rings. The molecule has 1 N–H and O–H groups in total. The number of para-hydroxylation sites is 2. The molecule has 0 aliphatic heterocycles. The third-order valence-electron chi connectivity index (χ3n) is 3.72. The molecular formula is C17H18N4O. The molecule has 3 aromatic rings. The number of nitrogens with zero attached hydrogens (tertiary/aromatic N) is 3. The van der Waals surface area contributed by atoms with Gasteiger partial charge in [0.05, 0.1) is 11.0 Å². The quantitative estimate of drug-likeness (QED) is 0.805. The predicted molar refractivity (Wildman–Crippen MR) is 88.8 cm³/mol. The molecule has 0 aliphatic carbocycles. The van der Waals surface area contributed by atoms with Crippen LogP contribution in [0.1, 0.15) is 17.3 Å².